The molecule has 0 unspecified atom stereocenters. The molecule has 1 heterocycles. The number of ether oxygens (including phenoxy) is 3. The molecule has 4 heteroatoms. The average molecular weight is 375 g/mol. The van der Waals surface area contributed by atoms with E-state index in [2.05, 4.69) is 26.8 Å². The molecular formula is C23H34O4. The van der Waals surface area contributed by atoms with Gasteiger partial charge in [0.1, 0.15) is 18.3 Å². The van der Waals surface area contributed by atoms with Crippen molar-refractivity contribution in [3.63, 3.8) is 0 Å². The first-order valence-corrected chi connectivity index (χ1v) is 10.2. The van der Waals surface area contributed by atoms with Crippen LogP contribution in [0.3, 0.4) is 0 Å². The highest BCUT2D eigenvalue weighted by Gasteiger charge is 2.45. The van der Waals surface area contributed by atoms with Gasteiger partial charge in [0.2, 0.25) is 0 Å². The molecule has 2 aliphatic rings. The summed E-state index contributed by atoms with van der Waals surface area (Å²) < 4.78 is 18.3. The van der Waals surface area contributed by atoms with Crippen molar-refractivity contribution in [1.82, 2.24) is 0 Å². The molecule has 1 aliphatic heterocycles. The van der Waals surface area contributed by atoms with E-state index in [1.54, 1.807) is 0 Å². The summed E-state index contributed by atoms with van der Waals surface area (Å²) in [5.41, 5.74) is 1.11. The Morgan fingerprint density at radius 2 is 1.89 bits per heavy atom. The minimum Gasteiger partial charge on any atom is -0.387 e. The van der Waals surface area contributed by atoms with E-state index in [0.717, 1.165) is 31.2 Å². The molecule has 0 bridgehead atoms. The predicted molar refractivity (Wildman–Crippen MR) is 106 cm³/mol. The van der Waals surface area contributed by atoms with Gasteiger partial charge in [0.05, 0.1) is 13.2 Å². The van der Waals surface area contributed by atoms with Crippen molar-refractivity contribution in [2.75, 3.05) is 6.61 Å². The highest BCUT2D eigenvalue weighted by atomic mass is 16.7. The quantitative estimate of drug-likeness (QED) is 0.739. The van der Waals surface area contributed by atoms with E-state index in [-0.39, 0.29) is 11.5 Å². The second-order valence-corrected chi connectivity index (χ2v) is 8.92. The lowest BCUT2D eigenvalue weighted by Crippen LogP contribution is -2.41. The number of aliphatic hydroxyl groups is 1. The van der Waals surface area contributed by atoms with E-state index in [1.165, 1.54) is 6.42 Å². The summed E-state index contributed by atoms with van der Waals surface area (Å²) in [6.07, 6.45) is 7.85. The van der Waals surface area contributed by atoms with Crippen molar-refractivity contribution in [1.29, 1.82) is 0 Å². The van der Waals surface area contributed by atoms with Crippen LogP contribution < -0.4 is 0 Å². The second-order valence-electron chi connectivity index (χ2n) is 8.92. The maximum absolute atomic E-state index is 11.0. The molecule has 1 N–H and O–H groups in total. The minimum absolute atomic E-state index is 0.0195. The third kappa shape index (κ3) is 5.89. The van der Waals surface area contributed by atoms with Crippen LogP contribution in [0.5, 0.6) is 0 Å². The number of benzene rings is 1. The molecule has 1 aromatic rings. The Bertz CT molecular complexity index is 599. The zero-order chi connectivity index (χ0) is 19.3. The molecule has 1 saturated heterocycles. The first-order chi connectivity index (χ1) is 12.9. The molecule has 2 fully saturated rings. The van der Waals surface area contributed by atoms with Gasteiger partial charge in [-0.15, -0.1) is 0 Å². The molecule has 4 nitrogen and oxygen atoms in total. The summed E-state index contributed by atoms with van der Waals surface area (Å²) in [4.78, 5) is 0. The van der Waals surface area contributed by atoms with Gasteiger partial charge in [-0.2, -0.15) is 0 Å². The standard InChI is InChI=1S/C23H34O4/c1-22(2,3)15-12-19(25-16-18-10-6-4-7-11-18)21(24)20-17-26-23(27-20)13-8-5-9-14-23/h4,6-7,10-12,15,19-21,24H,5,8-9,13-14,16-17H2,1-3H3/b15-12+/t19-,20-,21-/m1/s1. The van der Waals surface area contributed by atoms with Gasteiger partial charge in [-0.1, -0.05) is 69.7 Å². The van der Waals surface area contributed by atoms with Crippen molar-refractivity contribution in [3.8, 4) is 0 Å². The van der Waals surface area contributed by atoms with Crippen molar-refractivity contribution in [3.05, 3.63) is 48.0 Å². The van der Waals surface area contributed by atoms with Crippen LogP contribution in [0.4, 0.5) is 0 Å². The highest BCUT2D eigenvalue weighted by molar-refractivity contribution is 5.14. The van der Waals surface area contributed by atoms with Gasteiger partial charge in [0.25, 0.3) is 0 Å². The summed E-state index contributed by atoms with van der Waals surface area (Å²) >= 11 is 0. The number of hydrogen-bond acceptors (Lipinski definition) is 4. The van der Waals surface area contributed by atoms with Crippen LogP contribution in [0.25, 0.3) is 0 Å². The molecule has 0 aromatic heterocycles. The van der Waals surface area contributed by atoms with Gasteiger partial charge in [0, 0.05) is 12.8 Å². The Morgan fingerprint density at radius 3 is 2.56 bits per heavy atom. The van der Waals surface area contributed by atoms with Gasteiger partial charge in [0.15, 0.2) is 5.79 Å². The van der Waals surface area contributed by atoms with Crippen molar-refractivity contribution < 1.29 is 19.3 Å². The fraction of sp³-hybridized carbons (Fsp3) is 0.652. The Morgan fingerprint density at radius 1 is 1.19 bits per heavy atom. The maximum atomic E-state index is 11.0. The SMILES string of the molecule is CC(C)(C)/C=C/[C@@H](OCc1ccccc1)[C@@H](O)[C@H]1COC2(CCCCC2)O1. The van der Waals surface area contributed by atoms with E-state index in [9.17, 15) is 5.11 Å². The van der Waals surface area contributed by atoms with Crippen LogP contribution in [0, 0.1) is 5.41 Å². The lowest BCUT2D eigenvalue weighted by molar-refractivity contribution is -0.201. The van der Waals surface area contributed by atoms with E-state index in [1.807, 2.05) is 36.4 Å². The van der Waals surface area contributed by atoms with Crippen molar-refractivity contribution in [2.24, 2.45) is 5.41 Å². The zero-order valence-electron chi connectivity index (χ0n) is 16.9. The first kappa shape index (κ1) is 20.5. The van der Waals surface area contributed by atoms with E-state index >= 15 is 0 Å². The van der Waals surface area contributed by atoms with Crippen molar-refractivity contribution >= 4 is 0 Å². The van der Waals surface area contributed by atoms with Gasteiger partial charge in [-0.25, -0.2) is 0 Å². The molecule has 1 aliphatic carbocycles. The van der Waals surface area contributed by atoms with Crippen LogP contribution in [-0.4, -0.2) is 35.8 Å². The van der Waals surface area contributed by atoms with E-state index in [0.29, 0.717) is 13.2 Å². The van der Waals surface area contributed by atoms with Crippen LogP contribution in [0.15, 0.2) is 42.5 Å². The third-order valence-electron chi connectivity index (χ3n) is 5.28. The van der Waals surface area contributed by atoms with Gasteiger partial charge in [-0.3, -0.25) is 0 Å². The van der Waals surface area contributed by atoms with E-state index < -0.39 is 18.0 Å². The molecule has 0 amide bonds. The average Bonchev–Trinajstić information content (AvgIpc) is 3.05. The third-order valence-corrected chi connectivity index (χ3v) is 5.28. The van der Waals surface area contributed by atoms with E-state index in [4.69, 9.17) is 14.2 Å². The Labute approximate surface area is 163 Å². The van der Waals surface area contributed by atoms with Gasteiger partial charge in [-0.05, 0) is 23.8 Å². The lowest BCUT2D eigenvalue weighted by atomic mass is 9.94. The maximum Gasteiger partial charge on any atom is 0.169 e. The van der Waals surface area contributed by atoms with Crippen LogP contribution in [0.1, 0.15) is 58.4 Å². The fourth-order valence-corrected chi connectivity index (χ4v) is 3.73. The molecule has 27 heavy (non-hydrogen) atoms. The smallest absolute Gasteiger partial charge is 0.169 e. The van der Waals surface area contributed by atoms with Gasteiger partial charge < -0.3 is 19.3 Å². The number of aliphatic hydroxyl groups excluding tert-OH is 1. The summed E-state index contributed by atoms with van der Waals surface area (Å²) in [5, 5.41) is 11.0. The topological polar surface area (TPSA) is 47.9 Å². The molecule has 1 aromatic carbocycles. The molecule has 150 valence electrons. The Hall–Kier alpha value is -1.20. The molecular weight excluding hydrogens is 340 g/mol. The van der Waals surface area contributed by atoms with Crippen LogP contribution in [-0.2, 0) is 20.8 Å². The molecule has 3 rings (SSSR count). The fourth-order valence-electron chi connectivity index (χ4n) is 3.73. The molecule has 3 atom stereocenters. The first-order valence-electron chi connectivity index (χ1n) is 10.2. The largest absolute Gasteiger partial charge is 0.387 e. The minimum atomic E-state index is -0.756. The summed E-state index contributed by atoms with van der Waals surface area (Å²) in [6.45, 7) is 7.29. The Balaban J connectivity index is 1.66. The summed E-state index contributed by atoms with van der Waals surface area (Å²) in [7, 11) is 0. The van der Waals surface area contributed by atoms with Crippen LogP contribution >= 0.6 is 0 Å². The van der Waals surface area contributed by atoms with Crippen molar-refractivity contribution in [2.45, 2.75) is 83.6 Å². The summed E-state index contributed by atoms with van der Waals surface area (Å²) in [5.74, 6) is -0.485. The number of hydrogen-bond donors (Lipinski definition) is 1. The lowest BCUT2D eigenvalue weighted by Gasteiger charge is -2.33. The Kier molecular flexibility index (Phi) is 6.74. The van der Waals surface area contributed by atoms with Gasteiger partial charge >= 0.3 is 0 Å². The second kappa shape index (κ2) is 8.87. The monoisotopic (exact) mass is 374 g/mol. The normalized spacial score (nSPS) is 25.1. The summed E-state index contributed by atoms with van der Waals surface area (Å²) in [6, 6.07) is 10.0. The molecule has 0 radical (unpaired) electrons. The zero-order valence-corrected chi connectivity index (χ0v) is 16.9. The number of allylic oxidation sites excluding steroid dienone is 1. The molecule has 1 saturated carbocycles. The van der Waals surface area contributed by atoms with Crippen LogP contribution in [0.2, 0.25) is 0 Å². The molecule has 1 spiro atoms. The predicted octanol–water partition coefficient (Wildman–Crippen LogP) is 4.61. The highest BCUT2D eigenvalue weighted by Crippen LogP contribution is 2.39. The number of rotatable bonds is 6.